The minimum absolute atomic E-state index is 0.00960. The molecule has 3 aromatic rings. The van der Waals surface area contributed by atoms with Crippen LogP contribution >= 0.6 is 11.3 Å². The number of amides is 1. The van der Waals surface area contributed by atoms with E-state index in [2.05, 4.69) is 4.98 Å². The normalized spacial score (nSPS) is 13.7. The van der Waals surface area contributed by atoms with Crippen molar-refractivity contribution in [1.29, 1.82) is 0 Å². The largest absolute Gasteiger partial charge is 0.497 e. The molecule has 2 heterocycles. The van der Waals surface area contributed by atoms with E-state index in [-0.39, 0.29) is 18.2 Å². The summed E-state index contributed by atoms with van der Waals surface area (Å²) in [6.07, 6.45) is 4.27. The molecule has 6 nitrogen and oxygen atoms in total. The first-order valence-corrected chi connectivity index (χ1v) is 10.3. The number of fused-ring (bicyclic) bond motifs is 1. The third kappa shape index (κ3) is 3.42. The number of carbonyl (C=O) groups is 2. The number of aromatic nitrogens is 2. The number of benzene rings is 1. The molecule has 1 aromatic carbocycles. The summed E-state index contributed by atoms with van der Waals surface area (Å²) in [7, 11) is 1.61. The first kappa shape index (κ1) is 18.7. The molecule has 1 aliphatic rings. The van der Waals surface area contributed by atoms with Crippen molar-refractivity contribution in [3.8, 4) is 5.75 Å². The molecule has 1 fully saturated rings. The van der Waals surface area contributed by atoms with Gasteiger partial charge in [-0.15, -0.1) is 11.3 Å². The maximum atomic E-state index is 13.3. The highest BCUT2D eigenvalue weighted by Gasteiger charge is 2.30. The summed E-state index contributed by atoms with van der Waals surface area (Å²) >= 11 is 1.48. The lowest BCUT2D eigenvalue weighted by Crippen LogP contribution is -2.34. The maximum absolute atomic E-state index is 13.3. The van der Waals surface area contributed by atoms with Crippen molar-refractivity contribution in [2.45, 2.75) is 33.1 Å². The van der Waals surface area contributed by atoms with Crippen LogP contribution in [0.4, 0.5) is 5.13 Å². The molecule has 0 saturated heterocycles. The van der Waals surface area contributed by atoms with Crippen LogP contribution in [0.3, 0.4) is 0 Å². The van der Waals surface area contributed by atoms with Crippen LogP contribution in [-0.4, -0.2) is 35.0 Å². The second kappa shape index (κ2) is 7.39. The van der Waals surface area contributed by atoms with E-state index >= 15 is 0 Å². The lowest BCUT2D eigenvalue weighted by molar-refractivity contribution is -0.118. The van der Waals surface area contributed by atoms with Gasteiger partial charge in [0, 0.05) is 36.1 Å². The Hall–Kier alpha value is -2.67. The van der Waals surface area contributed by atoms with Gasteiger partial charge in [-0.1, -0.05) is 0 Å². The molecule has 2 aromatic heterocycles. The Kier molecular flexibility index (Phi) is 4.93. The number of methoxy groups -OCH3 is 1. The van der Waals surface area contributed by atoms with Gasteiger partial charge in [0.2, 0.25) is 11.8 Å². The van der Waals surface area contributed by atoms with E-state index in [4.69, 9.17) is 4.74 Å². The monoisotopic (exact) mass is 397 g/mol. The Balaban J connectivity index is 1.74. The van der Waals surface area contributed by atoms with Crippen molar-refractivity contribution in [2.75, 3.05) is 18.6 Å². The number of ether oxygens (including phenoxy) is 1. The van der Waals surface area contributed by atoms with Crippen LogP contribution in [0.5, 0.6) is 5.75 Å². The number of nitrogens with zero attached hydrogens (tertiary/aromatic N) is 3. The standard InChI is InChI=1S/C21H23N3O3S/c1-13-17(18-10-16(27-3)6-7-19(18)24(13)14(2)25)11-20(26)23(12-15-4-5-15)21-22-8-9-28-21/h6-10,15H,4-5,11-12H2,1-3H3. The lowest BCUT2D eigenvalue weighted by Gasteiger charge is -2.20. The predicted octanol–water partition coefficient (Wildman–Crippen LogP) is 4.06. The Labute approximate surface area is 167 Å². The highest BCUT2D eigenvalue weighted by Crippen LogP contribution is 2.34. The highest BCUT2D eigenvalue weighted by molar-refractivity contribution is 7.13. The van der Waals surface area contributed by atoms with E-state index in [1.165, 1.54) is 18.3 Å². The summed E-state index contributed by atoms with van der Waals surface area (Å²) in [5.74, 6) is 1.21. The average molecular weight is 398 g/mol. The summed E-state index contributed by atoms with van der Waals surface area (Å²) in [6, 6.07) is 5.61. The molecule has 0 spiro atoms. The van der Waals surface area contributed by atoms with E-state index in [9.17, 15) is 9.59 Å². The Morgan fingerprint density at radius 3 is 2.75 bits per heavy atom. The number of thiazole rings is 1. The highest BCUT2D eigenvalue weighted by atomic mass is 32.1. The van der Waals surface area contributed by atoms with Gasteiger partial charge in [-0.2, -0.15) is 0 Å². The van der Waals surface area contributed by atoms with Gasteiger partial charge in [0.15, 0.2) is 5.13 Å². The van der Waals surface area contributed by atoms with E-state index in [0.717, 1.165) is 40.1 Å². The molecule has 0 unspecified atom stereocenters. The fourth-order valence-electron chi connectivity index (χ4n) is 3.66. The average Bonchev–Trinajstić information content (AvgIpc) is 3.25. The van der Waals surface area contributed by atoms with Crippen LogP contribution in [0.15, 0.2) is 29.8 Å². The molecular weight excluding hydrogens is 374 g/mol. The quantitative estimate of drug-likeness (QED) is 0.629. The molecule has 1 amide bonds. The number of anilines is 1. The summed E-state index contributed by atoms with van der Waals surface area (Å²) < 4.78 is 7.03. The van der Waals surface area contributed by atoms with Gasteiger partial charge in [0.25, 0.3) is 0 Å². The number of hydrogen-bond donors (Lipinski definition) is 0. The van der Waals surface area contributed by atoms with Gasteiger partial charge in [0.05, 0.1) is 19.0 Å². The molecule has 0 N–H and O–H groups in total. The van der Waals surface area contributed by atoms with Crippen molar-refractivity contribution >= 4 is 39.2 Å². The Bertz CT molecular complexity index is 1040. The van der Waals surface area contributed by atoms with E-state index in [1.54, 1.807) is 22.8 Å². The number of hydrogen-bond acceptors (Lipinski definition) is 5. The first-order chi connectivity index (χ1) is 13.5. The maximum Gasteiger partial charge on any atom is 0.233 e. The zero-order valence-corrected chi connectivity index (χ0v) is 17.1. The second-order valence-electron chi connectivity index (χ2n) is 7.24. The molecule has 0 radical (unpaired) electrons. The van der Waals surface area contributed by atoms with Crippen LogP contribution < -0.4 is 9.64 Å². The molecule has 146 valence electrons. The molecule has 28 heavy (non-hydrogen) atoms. The molecule has 1 saturated carbocycles. The predicted molar refractivity (Wildman–Crippen MR) is 110 cm³/mol. The summed E-state index contributed by atoms with van der Waals surface area (Å²) in [4.78, 5) is 31.7. The summed E-state index contributed by atoms with van der Waals surface area (Å²) in [5, 5.41) is 3.51. The van der Waals surface area contributed by atoms with E-state index in [0.29, 0.717) is 18.2 Å². The number of rotatable bonds is 6. The van der Waals surface area contributed by atoms with Gasteiger partial charge in [-0.3, -0.25) is 19.1 Å². The third-order valence-corrected chi connectivity index (χ3v) is 6.07. The van der Waals surface area contributed by atoms with Crippen LogP contribution in [0.1, 0.15) is 35.8 Å². The minimum atomic E-state index is -0.0684. The van der Waals surface area contributed by atoms with E-state index in [1.807, 2.05) is 30.5 Å². The topological polar surface area (TPSA) is 64.4 Å². The molecule has 7 heteroatoms. The van der Waals surface area contributed by atoms with Crippen molar-refractivity contribution < 1.29 is 14.3 Å². The Morgan fingerprint density at radius 1 is 1.36 bits per heavy atom. The van der Waals surface area contributed by atoms with Crippen molar-refractivity contribution in [1.82, 2.24) is 9.55 Å². The number of carbonyl (C=O) groups excluding carboxylic acids is 2. The fourth-order valence-corrected chi connectivity index (χ4v) is 4.33. The fraction of sp³-hybridized carbons (Fsp3) is 0.381. The minimum Gasteiger partial charge on any atom is -0.497 e. The van der Waals surface area contributed by atoms with Crippen LogP contribution in [0.25, 0.3) is 10.9 Å². The Morgan fingerprint density at radius 2 is 2.14 bits per heavy atom. The van der Waals surface area contributed by atoms with Crippen LogP contribution in [0.2, 0.25) is 0 Å². The zero-order valence-electron chi connectivity index (χ0n) is 16.3. The van der Waals surface area contributed by atoms with Crippen molar-refractivity contribution in [2.24, 2.45) is 5.92 Å². The van der Waals surface area contributed by atoms with Crippen molar-refractivity contribution in [3.63, 3.8) is 0 Å². The zero-order chi connectivity index (χ0) is 19.8. The van der Waals surface area contributed by atoms with Crippen molar-refractivity contribution in [3.05, 3.63) is 41.0 Å². The molecule has 0 aliphatic heterocycles. The molecule has 0 bridgehead atoms. The van der Waals surface area contributed by atoms with Crippen LogP contribution in [-0.2, 0) is 11.2 Å². The second-order valence-corrected chi connectivity index (χ2v) is 8.11. The SMILES string of the molecule is COc1ccc2c(c1)c(CC(=O)N(CC1CC1)c1nccs1)c(C)n2C(C)=O. The van der Waals surface area contributed by atoms with Gasteiger partial charge >= 0.3 is 0 Å². The molecule has 0 atom stereocenters. The lowest BCUT2D eigenvalue weighted by atomic mass is 10.1. The molecular formula is C21H23N3O3S. The summed E-state index contributed by atoms with van der Waals surface area (Å²) in [5.41, 5.74) is 2.47. The van der Waals surface area contributed by atoms with Gasteiger partial charge in [-0.25, -0.2) is 4.98 Å². The van der Waals surface area contributed by atoms with Gasteiger partial charge in [-0.05, 0) is 49.4 Å². The smallest absolute Gasteiger partial charge is 0.233 e. The van der Waals surface area contributed by atoms with Crippen LogP contribution in [0, 0.1) is 12.8 Å². The molecule has 4 rings (SSSR count). The van der Waals surface area contributed by atoms with E-state index < -0.39 is 0 Å². The van der Waals surface area contributed by atoms with Gasteiger partial charge < -0.3 is 4.74 Å². The van der Waals surface area contributed by atoms with Gasteiger partial charge in [0.1, 0.15) is 5.75 Å². The molecule has 1 aliphatic carbocycles. The summed E-state index contributed by atoms with van der Waals surface area (Å²) in [6.45, 7) is 4.14. The first-order valence-electron chi connectivity index (χ1n) is 9.38. The third-order valence-electron chi connectivity index (χ3n) is 5.27.